The average molecular weight is 237 g/mol. The van der Waals surface area contributed by atoms with Gasteiger partial charge in [0.2, 0.25) is 0 Å². The first-order chi connectivity index (χ1) is 7.95. The highest BCUT2D eigenvalue weighted by molar-refractivity contribution is 6.00. The average Bonchev–Trinajstić information content (AvgIpc) is 2.30. The van der Waals surface area contributed by atoms with Crippen molar-refractivity contribution in [1.82, 2.24) is 0 Å². The van der Waals surface area contributed by atoms with Crippen molar-refractivity contribution in [2.24, 2.45) is 5.16 Å². The Morgan fingerprint density at radius 3 is 2.53 bits per heavy atom. The van der Waals surface area contributed by atoms with Gasteiger partial charge in [-0.15, -0.1) is 0 Å². The van der Waals surface area contributed by atoms with Gasteiger partial charge in [-0.05, 0) is 39.8 Å². The van der Waals surface area contributed by atoms with Crippen LogP contribution < -0.4 is 4.74 Å². The Hall–Kier alpha value is -1.55. The molecule has 94 valence electrons. The van der Waals surface area contributed by atoms with Crippen molar-refractivity contribution in [2.45, 2.75) is 39.9 Å². The molecule has 17 heavy (non-hydrogen) atoms. The van der Waals surface area contributed by atoms with E-state index in [4.69, 9.17) is 9.94 Å². The summed E-state index contributed by atoms with van der Waals surface area (Å²) < 4.78 is 5.64. The van der Waals surface area contributed by atoms with E-state index in [1.807, 2.05) is 25.1 Å². The molecule has 1 aromatic carbocycles. The molecule has 0 radical (unpaired) electrons. The predicted octanol–water partition coefficient (Wildman–Crippen LogP) is 2.34. The quantitative estimate of drug-likeness (QED) is 0.480. The van der Waals surface area contributed by atoms with Gasteiger partial charge in [0.15, 0.2) is 0 Å². The topological polar surface area (TPSA) is 62.1 Å². The van der Waals surface area contributed by atoms with E-state index in [1.165, 1.54) is 0 Å². The van der Waals surface area contributed by atoms with Crippen LogP contribution in [-0.4, -0.2) is 28.2 Å². The summed E-state index contributed by atoms with van der Waals surface area (Å²) in [5.74, 6) is 0.610. The second-order valence-electron chi connectivity index (χ2n) is 4.25. The van der Waals surface area contributed by atoms with Gasteiger partial charge in [0.1, 0.15) is 11.9 Å². The van der Waals surface area contributed by atoms with Crippen LogP contribution in [0.3, 0.4) is 0 Å². The van der Waals surface area contributed by atoms with Gasteiger partial charge < -0.3 is 15.1 Å². The summed E-state index contributed by atoms with van der Waals surface area (Å²) in [6, 6.07) is 5.62. The van der Waals surface area contributed by atoms with Crippen LogP contribution in [0.2, 0.25) is 0 Å². The van der Waals surface area contributed by atoms with Crippen LogP contribution >= 0.6 is 0 Å². The second kappa shape index (κ2) is 5.68. The van der Waals surface area contributed by atoms with Gasteiger partial charge in [-0.1, -0.05) is 16.8 Å². The molecule has 0 aliphatic carbocycles. The van der Waals surface area contributed by atoms with Crippen molar-refractivity contribution in [3.05, 3.63) is 29.3 Å². The molecule has 0 heterocycles. The molecule has 0 saturated heterocycles. The number of aliphatic hydroxyl groups excluding tert-OH is 1. The number of oxime groups is 1. The molecule has 0 aromatic heterocycles. The Morgan fingerprint density at radius 1 is 1.35 bits per heavy atom. The molecule has 0 aliphatic rings. The van der Waals surface area contributed by atoms with Gasteiger partial charge in [-0.3, -0.25) is 0 Å². The molecule has 1 aromatic rings. The van der Waals surface area contributed by atoms with Crippen LogP contribution in [0.5, 0.6) is 5.75 Å². The molecular weight excluding hydrogens is 218 g/mol. The van der Waals surface area contributed by atoms with Crippen LogP contribution in [-0.2, 0) is 0 Å². The van der Waals surface area contributed by atoms with Crippen molar-refractivity contribution in [2.75, 3.05) is 0 Å². The molecule has 4 nitrogen and oxygen atoms in total. The highest BCUT2D eigenvalue weighted by atomic mass is 16.5. The number of ether oxygens (including phenoxy) is 1. The van der Waals surface area contributed by atoms with Crippen LogP contribution in [0.25, 0.3) is 0 Å². The van der Waals surface area contributed by atoms with E-state index in [-0.39, 0.29) is 6.10 Å². The fraction of sp³-hybridized carbons (Fsp3) is 0.462. The van der Waals surface area contributed by atoms with Gasteiger partial charge in [0.25, 0.3) is 0 Å². The maximum absolute atomic E-state index is 9.42. The number of hydrogen-bond acceptors (Lipinski definition) is 4. The summed E-state index contributed by atoms with van der Waals surface area (Å²) in [6.45, 7) is 7.12. The molecule has 0 bridgehead atoms. The third kappa shape index (κ3) is 3.46. The van der Waals surface area contributed by atoms with E-state index < -0.39 is 6.10 Å². The van der Waals surface area contributed by atoms with Crippen LogP contribution in [0, 0.1) is 6.92 Å². The lowest BCUT2D eigenvalue weighted by molar-refractivity contribution is 0.0603. The maximum atomic E-state index is 9.42. The molecular formula is C13H19NO3. The third-order valence-corrected chi connectivity index (χ3v) is 2.67. The van der Waals surface area contributed by atoms with Crippen LogP contribution in [0.15, 0.2) is 23.4 Å². The zero-order chi connectivity index (χ0) is 13.0. The van der Waals surface area contributed by atoms with E-state index in [9.17, 15) is 5.11 Å². The summed E-state index contributed by atoms with van der Waals surface area (Å²) in [6.07, 6.45) is -0.876. The molecule has 1 rings (SSSR count). The largest absolute Gasteiger partial charge is 0.487 e. The lowest BCUT2D eigenvalue weighted by atomic mass is 10.1. The van der Waals surface area contributed by atoms with Crippen molar-refractivity contribution in [3.63, 3.8) is 0 Å². The number of nitrogens with zero attached hydrogens (tertiary/aromatic N) is 1. The molecule has 2 N–H and O–H groups in total. The third-order valence-electron chi connectivity index (χ3n) is 2.67. The minimum Gasteiger partial charge on any atom is -0.487 e. The van der Waals surface area contributed by atoms with Crippen LogP contribution in [0.4, 0.5) is 0 Å². The lowest BCUT2D eigenvalue weighted by Crippen LogP contribution is -2.26. The molecule has 2 unspecified atom stereocenters. The number of benzene rings is 1. The van der Waals surface area contributed by atoms with Crippen molar-refractivity contribution in [3.8, 4) is 5.75 Å². The fourth-order valence-electron chi connectivity index (χ4n) is 1.38. The van der Waals surface area contributed by atoms with Gasteiger partial charge >= 0.3 is 0 Å². The molecule has 0 saturated carbocycles. The van der Waals surface area contributed by atoms with Gasteiger partial charge in [-0.2, -0.15) is 0 Å². The van der Waals surface area contributed by atoms with E-state index in [1.54, 1.807) is 20.8 Å². The highest BCUT2D eigenvalue weighted by Crippen LogP contribution is 2.22. The minimum absolute atomic E-state index is 0.317. The number of aryl methyl sites for hydroxylation is 1. The van der Waals surface area contributed by atoms with Crippen molar-refractivity contribution >= 4 is 5.71 Å². The molecule has 0 amide bonds. The molecule has 0 aliphatic heterocycles. The summed E-state index contributed by atoms with van der Waals surface area (Å²) in [7, 11) is 0. The first-order valence-electron chi connectivity index (χ1n) is 5.60. The Morgan fingerprint density at radius 2 is 2.00 bits per heavy atom. The van der Waals surface area contributed by atoms with Gasteiger partial charge in [0, 0.05) is 5.56 Å². The maximum Gasteiger partial charge on any atom is 0.129 e. The highest BCUT2D eigenvalue weighted by Gasteiger charge is 2.14. The predicted molar refractivity (Wildman–Crippen MR) is 66.9 cm³/mol. The molecule has 0 spiro atoms. The number of hydrogen-bond donors (Lipinski definition) is 2. The summed E-state index contributed by atoms with van der Waals surface area (Å²) in [5.41, 5.74) is 2.28. The Kier molecular flexibility index (Phi) is 4.52. The zero-order valence-electron chi connectivity index (χ0n) is 10.6. The van der Waals surface area contributed by atoms with E-state index in [0.717, 1.165) is 11.1 Å². The van der Waals surface area contributed by atoms with Crippen molar-refractivity contribution < 1.29 is 15.1 Å². The monoisotopic (exact) mass is 237 g/mol. The van der Waals surface area contributed by atoms with Crippen LogP contribution in [0.1, 0.15) is 31.9 Å². The first kappa shape index (κ1) is 13.5. The molecule has 4 heteroatoms. The van der Waals surface area contributed by atoms with E-state index >= 15 is 0 Å². The Bertz CT molecular complexity index is 413. The lowest BCUT2D eigenvalue weighted by Gasteiger charge is -2.19. The standard InChI is InChI=1S/C13H19NO3/c1-8-5-6-13(17-11(4)10(3)15)12(7-8)9(2)14-16/h5-7,10-11,15-16H,1-4H3. The van der Waals surface area contributed by atoms with Gasteiger partial charge in [-0.25, -0.2) is 0 Å². The summed E-state index contributed by atoms with van der Waals surface area (Å²) in [4.78, 5) is 0. The van der Waals surface area contributed by atoms with Gasteiger partial charge in [0.05, 0.1) is 11.8 Å². The summed E-state index contributed by atoms with van der Waals surface area (Å²) in [5, 5.41) is 21.4. The SMILES string of the molecule is CC(=NO)c1cc(C)ccc1OC(C)C(C)O. The zero-order valence-corrected chi connectivity index (χ0v) is 10.6. The smallest absolute Gasteiger partial charge is 0.129 e. The Labute approximate surface area is 102 Å². The second-order valence-corrected chi connectivity index (χ2v) is 4.25. The minimum atomic E-state index is -0.560. The molecule has 0 fully saturated rings. The van der Waals surface area contributed by atoms with E-state index in [0.29, 0.717) is 11.5 Å². The fourth-order valence-corrected chi connectivity index (χ4v) is 1.38. The number of rotatable bonds is 4. The Balaban J connectivity index is 3.07. The normalized spacial score (nSPS) is 15.5. The number of aliphatic hydroxyl groups is 1. The summed E-state index contributed by atoms with van der Waals surface area (Å²) >= 11 is 0. The van der Waals surface area contributed by atoms with Crippen molar-refractivity contribution in [1.29, 1.82) is 0 Å². The first-order valence-corrected chi connectivity index (χ1v) is 5.60. The van der Waals surface area contributed by atoms with E-state index in [2.05, 4.69) is 5.16 Å². The molecule has 2 atom stereocenters.